The molecule has 0 saturated heterocycles. The largest absolute Gasteiger partial charge is 0.305 e. The number of pyridine rings is 2. The highest BCUT2D eigenvalue weighted by Gasteiger charge is 2.13. The van der Waals surface area contributed by atoms with E-state index in [0.717, 1.165) is 0 Å². The van der Waals surface area contributed by atoms with Gasteiger partial charge in [-0.05, 0) is 24.3 Å². The summed E-state index contributed by atoms with van der Waals surface area (Å²) in [6.07, 6.45) is 2.74. The predicted octanol–water partition coefficient (Wildman–Crippen LogP) is 2.52. The Morgan fingerprint density at radius 3 is 2.65 bits per heavy atom. The number of carbonyl (C=O) groups excluding carboxylic acids is 1. The van der Waals surface area contributed by atoms with Crippen LogP contribution < -0.4 is 5.32 Å². The van der Waals surface area contributed by atoms with Crippen LogP contribution in [0, 0.1) is 5.95 Å². The van der Waals surface area contributed by atoms with Gasteiger partial charge in [0.2, 0.25) is 5.95 Å². The molecule has 86 valence electrons. The van der Waals surface area contributed by atoms with Gasteiger partial charge < -0.3 is 5.32 Å². The number of amides is 1. The second kappa shape index (κ2) is 4.88. The molecule has 0 aliphatic rings. The van der Waals surface area contributed by atoms with Gasteiger partial charge >= 0.3 is 0 Å². The van der Waals surface area contributed by atoms with Gasteiger partial charge in [0.05, 0.1) is 10.6 Å². The zero-order chi connectivity index (χ0) is 12.3. The van der Waals surface area contributed by atoms with Crippen molar-refractivity contribution in [2.24, 2.45) is 0 Å². The van der Waals surface area contributed by atoms with E-state index in [9.17, 15) is 9.18 Å². The molecule has 0 unspecified atom stereocenters. The Labute approximate surface area is 101 Å². The second-order valence-corrected chi connectivity index (χ2v) is 3.54. The van der Waals surface area contributed by atoms with Crippen molar-refractivity contribution >= 4 is 23.3 Å². The summed E-state index contributed by atoms with van der Waals surface area (Å²) in [5, 5.41) is 2.69. The second-order valence-electron chi connectivity index (χ2n) is 3.13. The predicted molar refractivity (Wildman–Crippen MR) is 61.4 cm³/mol. The van der Waals surface area contributed by atoms with Crippen LogP contribution in [0.1, 0.15) is 10.4 Å². The first-order chi connectivity index (χ1) is 8.18. The van der Waals surface area contributed by atoms with Crippen molar-refractivity contribution in [3.63, 3.8) is 0 Å². The number of nitrogens with one attached hydrogen (secondary N) is 1. The van der Waals surface area contributed by atoms with Gasteiger partial charge in [0.25, 0.3) is 5.91 Å². The van der Waals surface area contributed by atoms with E-state index in [4.69, 9.17) is 11.6 Å². The zero-order valence-corrected chi connectivity index (χ0v) is 9.28. The Morgan fingerprint density at radius 1 is 1.24 bits per heavy atom. The summed E-state index contributed by atoms with van der Waals surface area (Å²) in [6, 6.07) is 6.00. The summed E-state index contributed by atoms with van der Waals surface area (Å²) < 4.78 is 13.2. The van der Waals surface area contributed by atoms with Crippen LogP contribution in [0.25, 0.3) is 0 Å². The SMILES string of the molecule is O=C(Nc1ncccc1Cl)c1cccnc1F. The topological polar surface area (TPSA) is 54.9 Å². The minimum Gasteiger partial charge on any atom is -0.305 e. The van der Waals surface area contributed by atoms with Crippen LogP contribution in [0.3, 0.4) is 0 Å². The molecule has 0 bridgehead atoms. The zero-order valence-electron chi connectivity index (χ0n) is 8.52. The van der Waals surface area contributed by atoms with Gasteiger partial charge in [0.15, 0.2) is 5.82 Å². The fourth-order valence-electron chi connectivity index (χ4n) is 1.21. The summed E-state index contributed by atoms with van der Waals surface area (Å²) >= 11 is 5.81. The number of carbonyl (C=O) groups is 1. The Balaban J connectivity index is 2.24. The highest BCUT2D eigenvalue weighted by molar-refractivity contribution is 6.33. The summed E-state index contributed by atoms with van der Waals surface area (Å²) in [6.45, 7) is 0. The van der Waals surface area contributed by atoms with Crippen LogP contribution in [0.2, 0.25) is 5.02 Å². The van der Waals surface area contributed by atoms with E-state index in [0.29, 0.717) is 0 Å². The molecule has 2 rings (SSSR count). The molecule has 0 aromatic carbocycles. The number of hydrogen-bond donors (Lipinski definition) is 1. The Morgan fingerprint density at radius 2 is 1.94 bits per heavy atom. The first-order valence-corrected chi connectivity index (χ1v) is 5.08. The van der Waals surface area contributed by atoms with Crippen molar-refractivity contribution in [3.05, 3.63) is 53.2 Å². The molecule has 6 heteroatoms. The highest BCUT2D eigenvalue weighted by atomic mass is 35.5. The fraction of sp³-hybridized carbons (Fsp3) is 0. The first kappa shape index (κ1) is 11.5. The molecule has 1 amide bonds. The van der Waals surface area contributed by atoms with Gasteiger partial charge in [0, 0.05) is 12.4 Å². The molecule has 2 heterocycles. The number of halogens is 2. The highest BCUT2D eigenvalue weighted by Crippen LogP contribution is 2.18. The van der Waals surface area contributed by atoms with Crippen molar-refractivity contribution in [1.82, 2.24) is 9.97 Å². The van der Waals surface area contributed by atoms with Crippen molar-refractivity contribution in [2.75, 3.05) is 5.32 Å². The molecule has 2 aromatic rings. The molecule has 0 radical (unpaired) electrons. The van der Waals surface area contributed by atoms with Gasteiger partial charge in [-0.3, -0.25) is 4.79 Å². The van der Waals surface area contributed by atoms with E-state index >= 15 is 0 Å². The lowest BCUT2D eigenvalue weighted by molar-refractivity contribution is 0.102. The molecule has 0 saturated carbocycles. The lowest BCUT2D eigenvalue weighted by atomic mass is 10.2. The fourth-order valence-corrected chi connectivity index (χ4v) is 1.38. The number of anilines is 1. The molecule has 0 fully saturated rings. The van der Waals surface area contributed by atoms with Crippen molar-refractivity contribution in [2.45, 2.75) is 0 Å². The molecule has 4 nitrogen and oxygen atoms in total. The van der Waals surface area contributed by atoms with Crippen molar-refractivity contribution < 1.29 is 9.18 Å². The standard InChI is InChI=1S/C11H7ClFN3O/c12-8-4-2-6-15-10(8)16-11(17)7-3-1-5-14-9(7)13/h1-6H,(H,15,16,17). The smallest absolute Gasteiger partial charge is 0.261 e. The van der Waals surface area contributed by atoms with Crippen molar-refractivity contribution in [3.8, 4) is 0 Å². The molecular formula is C11H7ClFN3O. The first-order valence-electron chi connectivity index (χ1n) is 4.71. The molecule has 1 N–H and O–H groups in total. The van der Waals surface area contributed by atoms with Crippen LogP contribution in [0.5, 0.6) is 0 Å². The van der Waals surface area contributed by atoms with E-state index in [1.54, 1.807) is 12.1 Å². The minimum atomic E-state index is -0.836. The molecule has 0 spiro atoms. The molecular weight excluding hydrogens is 245 g/mol. The number of nitrogens with zero attached hydrogens (tertiary/aromatic N) is 2. The maximum Gasteiger partial charge on any atom is 0.261 e. The molecule has 0 aliphatic heterocycles. The average Bonchev–Trinajstić information content (AvgIpc) is 2.32. The molecule has 17 heavy (non-hydrogen) atoms. The maximum atomic E-state index is 13.2. The average molecular weight is 252 g/mol. The number of aromatic nitrogens is 2. The third-order valence-corrected chi connectivity index (χ3v) is 2.30. The van der Waals surface area contributed by atoms with Crippen LogP contribution in [-0.4, -0.2) is 15.9 Å². The lowest BCUT2D eigenvalue weighted by Crippen LogP contribution is -2.15. The van der Waals surface area contributed by atoms with E-state index in [1.807, 2.05) is 0 Å². The van der Waals surface area contributed by atoms with Gasteiger partial charge in [-0.15, -0.1) is 0 Å². The monoisotopic (exact) mass is 251 g/mol. The third-order valence-electron chi connectivity index (χ3n) is 1.99. The van der Waals surface area contributed by atoms with Crippen LogP contribution in [0.15, 0.2) is 36.7 Å². The molecule has 0 atom stereocenters. The van der Waals surface area contributed by atoms with Gasteiger partial charge in [-0.1, -0.05) is 11.6 Å². The third kappa shape index (κ3) is 2.57. The molecule has 2 aromatic heterocycles. The summed E-state index contributed by atoms with van der Waals surface area (Å²) in [7, 11) is 0. The minimum absolute atomic E-state index is 0.158. The Hall–Kier alpha value is -2.01. The van der Waals surface area contributed by atoms with E-state index in [2.05, 4.69) is 15.3 Å². The van der Waals surface area contributed by atoms with Gasteiger partial charge in [0.1, 0.15) is 0 Å². The normalized spacial score (nSPS) is 10.0. The Kier molecular flexibility index (Phi) is 3.30. The maximum absolute atomic E-state index is 13.2. The number of hydrogen-bond acceptors (Lipinski definition) is 3. The van der Waals surface area contributed by atoms with Gasteiger partial charge in [-0.25, -0.2) is 9.97 Å². The van der Waals surface area contributed by atoms with Crippen LogP contribution >= 0.6 is 11.6 Å². The summed E-state index contributed by atoms with van der Waals surface area (Å²) in [5.41, 5.74) is -0.158. The lowest BCUT2D eigenvalue weighted by Gasteiger charge is -2.05. The van der Waals surface area contributed by atoms with Crippen molar-refractivity contribution in [1.29, 1.82) is 0 Å². The van der Waals surface area contributed by atoms with E-state index in [1.165, 1.54) is 24.5 Å². The number of rotatable bonds is 2. The van der Waals surface area contributed by atoms with Crippen LogP contribution in [0.4, 0.5) is 10.2 Å². The quantitative estimate of drug-likeness (QED) is 0.835. The van der Waals surface area contributed by atoms with E-state index in [-0.39, 0.29) is 16.4 Å². The van der Waals surface area contributed by atoms with E-state index < -0.39 is 11.9 Å². The summed E-state index contributed by atoms with van der Waals surface area (Å²) in [4.78, 5) is 18.9. The van der Waals surface area contributed by atoms with Crippen LogP contribution in [-0.2, 0) is 0 Å². The Bertz CT molecular complexity index is 562. The molecule has 0 aliphatic carbocycles. The van der Waals surface area contributed by atoms with Gasteiger partial charge in [-0.2, -0.15) is 4.39 Å². The summed E-state index contributed by atoms with van der Waals surface area (Å²) in [5.74, 6) is -1.30.